The molecule has 0 saturated heterocycles. The largest absolute Gasteiger partial charge is 0.481 e. The Kier molecular flexibility index (Phi) is 3.39. The van der Waals surface area contributed by atoms with E-state index in [-0.39, 0.29) is 29.2 Å². The lowest BCUT2D eigenvalue weighted by Gasteiger charge is -2.10. The van der Waals surface area contributed by atoms with Gasteiger partial charge in [-0.1, -0.05) is 0 Å². The molecule has 15 heavy (non-hydrogen) atoms. The van der Waals surface area contributed by atoms with Gasteiger partial charge < -0.3 is 10.5 Å². The first-order chi connectivity index (χ1) is 7.10. The molecule has 0 aliphatic carbocycles. The number of hydrogen-bond acceptors (Lipinski definition) is 4. The lowest BCUT2D eigenvalue weighted by molar-refractivity contribution is 0.150. The molecule has 1 rings (SSSR count). The zero-order valence-electron chi connectivity index (χ0n) is 8.00. The number of nitrogens with two attached hydrogens (primary N) is 1. The summed E-state index contributed by atoms with van der Waals surface area (Å²) in [7, 11) is 1.31. The van der Waals surface area contributed by atoms with Crippen molar-refractivity contribution in [3.05, 3.63) is 17.2 Å². The number of alkyl halides is 2. The minimum Gasteiger partial charge on any atom is -0.481 e. The number of rotatable bonds is 3. The second-order valence-electron chi connectivity index (χ2n) is 2.75. The average Bonchev–Trinajstić information content (AvgIpc) is 2.20. The van der Waals surface area contributed by atoms with Gasteiger partial charge in [-0.3, -0.25) is 0 Å². The van der Waals surface area contributed by atoms with Gasteiger partial charge in [0.15, 0.2) is 0 Å². The quantitative estimate of drug-likeness (QED) is 0.828. The summed E-state index contributed by atoms with van der Waals surface area (Å²) < 4.78 is 29.9. The summed E-state index contributed by atoms with van der Waals surface area (Å²) in [5.41, 5.74) is 5.20. The number of nitriles is 1. The van der Waals surface area contributed by atoms with Crippen LogP contribution in [-0.4, -0.2) is 12.1 Å². The van der Waals surface area contributed by atoms with Gasteiger partial charge in [0.25, 0.3) is 6.43 Å². The fraction of sp³-hybridized carbons (Fsp3) is 0.333. The predicted octanol–water partition coefficient (Wildman–Crippen LogP) is 1.68. The Balaban J connectivity index is 3.30. The molecular weight excluding hydrogens is 204 g/mol. The van der Waals surface area contributed by atoms with E-state index in [1.54, 1.807) is 6.07 Å². The Hall–Kier alpha value is -1.90. The highest BCUT2D eigenvalue weighted by molar-refractivity contribution is 5.49. The molecule has 6 heteroatoms. The number of halogens is 2. The summed E-state index contributed by atoms with van der Waals surface area (Å²) in [6.07, 6.45) is -2.89. The minimum atomic E-state index is -2.70. The lowest BCUT2D eigenvalue weighted by atomic mass is 10.1. The van der Waals surface area contributed by atoms with Crippen molar-refractivity contribution in [2.75, 3.05) is 12.8 Å². The van der Waals surface area contributed by atoms with Gasteiger partial charge in [-0.25, -0.2) is 8.78 Å². The summed E-state index contributed by atoms with van der Waals surface area (Å²) in [4.78, 5) is 3.72. The molecule has 1 aromatic heterocycles. The van der Waals surface area contributed by atoms with Crippen LogP contribution in [0.5, 0.6) is 5.88 Å². The van der Waals surface area contributed by atoms with E-state index >= 15 is 0 Å². The van der Waals surface area contributed by atoms with E-state index in [1.165, 1.54) is 7.11 Å². The summed E-state index contributed by atoms with van der Waals surface area (Å²) in [6, 6.07) is 2.85. The molecule has 0 aromatic carbocycles. The van der Waals surface area contributed by atoms with Crippen molar-refractivity contribution < 1.29 is 13.5 Å². The van der Waals surface area contributed by atoms with Crippen molar-refractivity contribution in [3.63, 3.8) is 0 Å². The maximum atomic E-state index is 12.6. The number of ether oxygens (including phenoxy) is 1. The molecule has 0 aliphatic heterocycles. The smallest absolute Gasteiger partial charge is 0.264 e. The van der Waals surface area contributed by atoms with E-state index in [4.69, 9.17) is 15.7 Å². The third-order valence-electron chi connectivity index (χ3n) is 1.87. The van der Waals surface area contributed by atoms with Crippen molar-refractivity contribution in [1.29, 1.82) is 5.26 Å². The Morgan fingerprint density at radius 1 is 1.67 bits per heavy atom. The van der Waals surface area contributed by atoms with Crippen LogP contribution < -0.4 is 10.5 Å². The van der Waals surface area contributed by atoms with Gasteiger partial charge in [0.1, 0.15) is 5.82 Å². The molecule has 0 spiro atoms. The monoisotopic (exact) mass is 213 g/mol. The highest BCUT2D eigenvalue weighted by Gasteiger charge is 2.18. The van der Waals surface area contributed by atoms with Crippen LogP contribution in [0.25, 0.3) is 0 Å². The SMILES string of the molecule is COc1cc(C(F)F)c(CC#N)c(N)n1. The lowest BCUT2D eigenvalue weighted by Crippen LogP contribution is -2.04. The number of methoxy groups -OCH3 is 1. The molecule has 1 heterocycles. The van der Waals surface area contributed by atoms with Crippen LogP contribution in [0.3, 0.4) is 0 Å². The molecule has 0 aliphatic rings. The first kappa shape index (κ1) is 11.2. The van der Waals surface area contributed by atoms with Crippen LogP contribution in [-0.2, 0) is 6.42 Å². The fourth-order valence-corrected chi connectivity index (χ4v) is 1.16. The van der Waals surface area contributed by atoms with E-state index < -0.39 is 6.43 Å². The van der Waals surface area contributed by atoms with Gasteiger partial charge in [0, 0.05) is 17.2 Å². The summed E-state index contributed by atoms with van der Waals surface area (Å²) in [5.74, 6) is -0.0734. The Bertz CT molecular complexity index is 401. The first-order valence-corrected chi connectivity index (χ1v) is 4.08. The molecule has 0 fully saturated rings. The summed E-state index contributed by atoms with van der Waals surface area (Å²) in [5, 5.41) is 8.47. The Morgan fingerprint density at radius 2 is 2.33 bits per heavy atom. The fourth-order valence-electron chi connectivity index (χ4n) is 1.16. The Morgan fingerprint density at radius 3 is 2.80 bits per heavy atom. The molecule has 0 radical (unpaired) electrons. The molecule has 0 saturated carbocycles. The molecular formula is C9H9F2N3O. The predicted molar refractivity (Wildman–Crippen MR) is 49.5 cm³/mol. The van der Waals surface area contributed by atoms with Gasteiger partial charge in [0.05, 0.1) is 19.6 Å². The number of nitrogen functional groups attached to an aromatic ring is 1. The number of nitrogens with zero attached hydrogens (tertiary/aromatic N) is 2. The molecule has 0 amide bonds. The molecule has 4 nitrogen and oxygen atoms in total. The maximum absolute atomic E-state index is 12.6. The van der Waals surface area contributed by atoms with Crippen LogP contribution in [0, 0.1) is 11.3 Å². The average molecular weight is 213 g/mol. The van der Waals surface area contributed by atoms with E-state index in [1.807, 2.05) is 0 Å². The Labute approximate surface area is 85.3 Å². The van der Waals surface area contributed by atoms with Crippen molar-refractivity contribution in [1.82, 2.24) is 4.98 Å². The van der Waals surface area contributed by atoms with Gasteiger partial charge in [-0.15, -0.1) is 0 Å². The first-order valence-electron chi connectivity index (χ1n) is 4.08. The summed E-state index contributed by atoms with van der Waals surface area (Å²) in [6.45, 7) is 0. The second kappa shape index (κ2) is 4.55. The van der Waals surface area contributed by atoms with Gasteiger partial charge in [-0.05, 0) is 0 Å². The van der Waals surface area contributed by atoms with Crippen molar-refractivity contribution >= 4 is 5.82 Å². The highest BCUT2D eigenvalue weighted by Crippen LogP contribution is 2.29. The number of hydrogen-bond donors (Lipinski definition) is 1. The second-order valence-corrected chi connectivity index (χ2v) is 2.75. The molecule has 2 N–H and O–H groups in total. The van der Waals surface area contributed by atoms with Crippen molar-refractivity contribution in [3.8, 4) is 11.9 Å². The number of aromatic nitrogens is 1. The minimum absolute atomic E-state index is 0.0180. The van der Waals surface area contributed by atoms with Gasteiger partial charge in [0.2, 0.25) is 5.88 Å². The molecule has 0 atom stereocenters. The number of pyridine rings is 1. The van der Waals surface area contributed by atoms with E-state index in [0.29, 0.717) is 0 Å². The summed E-state index contributed by atoms with van der Waals surface area (Å²) >= 11 is 0. The molecule has 1 aromatic rings. The molecule has 0 unspecified atom stereocenters. The van der Waals surface area contributed by atoms with E-state index in [0.717, 1.165) is 6.07 Å². The van der Waals surface area contributed by atoms with Crippen LogP contribution in [0.4, 0.5) is 14.6 Å². The number of anilines is 1. The third-order valence-corrected chi connectivity index (χ3v) is 1.87. The van der Waals surface area contributed by atoms with Crippen LogP contribution in [0.2, 0.25) is 0 Å². The van der Waals surface area contributed by atoms with Gasteiger partial charge in [-0.2, -0.15) is 10.2 Å². The third kappa shape index (κ3) is 2.31. The highest BCUT2D eigenvalue weighted by atomic mass is 19.3. The van der Waals surface area contributed by atoms with E-state index in [2.05, 4.69) is 4.98 Å². The molecule has 80 valence electrons. The normalized spacial score (nSPS) is 10.1. The van der Waals surface area contributed by atoms with Gasteiger partial charge >= 0.3 is 0 Å². The van der Waals surface area contributed by atoms with E-state index in [9.17, 15) is 8.78 Å². The molecule has 0 bridgehead atoms. The zero-order chi connectivity index (χ0) is 11.4. The van der Waals surface area contributed by atoms with Crippen molar-refractivity contribution in [2.24, 2.45) is 0 Å². The topological polar surface area (TPSA) is 71.9 Å². The standard InChI is InChI=1S/C9H9F2N3O/c1-15-7-4-6(8(10)11)5(2-3-12)9(13)14-7/h4,8H,2H2,1H3,(H2,13,14). The van der Waals surface area contributed by atoms with Crippen LogP contribution in [0.1, 0.15) is 17.6 Å². The van der Waals surface area contributed by atoms with Crippen LogP contribution >= 0.6 is 0 Å². The van der Waals surface area contributed by atoms with Crippen molar-refractivity contribution in [2.45, 2.75) is 12.8 Å². The zero-order valence-corrected chi connectivity index (χ0v) is 8.00. The maximum Gasteiger partial charge on any atom is 0.264 e. The van der Waals surface area contributed by atoms with Crippen LogP contribution in [0.15, 0.2) is 6.07 Å².